The van der Waals surface area contributed by atoms with Crippen molar-refractivity contribution >= 4 is 17.3 Å². The number of nitrogens with one attached hydrogen (secondary N) is 1. The van der Waals surface area contributed by atoms with Gasteiger partial charge >= 0.3 is 5.69 Å². The van der Waals surface area contributed by atoms with Gasteiger partial charge in [0.1, 0.15) is 12.4 Å². The molecule has 0 bridgehead atoms. The van der Waals surface area contributed by atoms with Gasteiger partial charge in [-0.2, -0.15) is 5.10 Å². The standard InChI is InChI=1S/C15H17ClN4O3/c16-12-3-1-11(2-4-12)15(5-6-15)17-8-14(21)10-19-9-13(7-18-19)20(22)23/h1-4,7,9,14,17,21H,5-6,8,10H2. The predicted molar refractivity (Wildman–Crippen MR) is 85.3 cm³/mol. The molecule has 1 aliphatic rings. The highest BCUT2D eigenvalue weighted by Gasteiger charge is 2.43. The monoisotopic (exact) mass is 336 g/mol. The van der Waals surface area contributed by atoms with E-state index in [2.05, 4.69) is 10.4 Å². The Morgan fingerprint density at radius 1 is 1.43 bits per heavy atom. The molecule has 122 valence electrons. The number of aliphatic hydroxyl groups is 1. The van der Waals surface area contributed by atoms with Crippen LogP contribution in [0.15, 0.2) is 36.7 Å². The third-order valence-electron chi connectivity index (χ3n) is 4.05. The number of benzene rings is 1. The second-order valence-electron chi connectivity index (χ2n) is 5.80. The van der Waals surface area contributed by atoms with E-state index in [-0.39, 0.29) is 17.8 Å². The van der Waals surface area contributed by atoms with Gasteiger partial charge in [-0.25, -0.2) is 0 Å². The zero-order valence-corrected chi connectivity index (χ0v) is 13.1. The van der Waals surface area contributed by atoms with Crippen LogP contribution in [0.2, 0.25) is 5.02 Å². The second-order valence-corrected chi connectivity index (χ2v) is 6.24. The largest absolute Gasteiger partial charge is 0.390 e. The Hall–Kier alpha value is -1.96. The van der Waals surface area contributed by atoms with E-state index in [0.717, 1.165) is 18.4 Å². The number of aromatic nitrogens is 2. The summed E-state index contributed by atoms with van der Waals surface area (Å²) in [5, 5.41) is 28.7. The summed E-state index contributed by atoms with van der Waals surface area (Å²) < 4.78 is 1.38. The fraction of sp³-hybridized carbons (Fsp3) is 0.400. The molecule has 1 unspecified atom stereocenters. The van der Waals surface area contributed by atoms with Gasteiger partial charge < -0.3 is 10.4 Å². The third-order valence-corrected chi connectivity index (χ3v) is 4.30. The second kappa shape index (κ2) is 6.27. The molecular weight excluding hydrogens is 320 g/mol. The van der Waals surface area contributed by atoms with Crippen molar-refractivity contribution in [1.29, 1.82) is 0 Å². The molecule has 1 atom stereocenters. The molecule has 1 aromatic heterocycles. The number of nitrogens with zero attached hydrogens (tertiary/aromatic N) is 3. The Morgan fingerprint density at radius 2 is 2.13 bits per heavy atom. The third kappa shape index (κ3) is 3.69. The van der Waals surface area contributed by atoms with E-state index in [0.29, 0.717) is 11.6 Å². The molecule has 1 heterocycles. The van der Waals surface area contributed by atoms with Gasteiger partial charge in [-0.15, -0.1) is 0 Å². The van der Waals surface area contributed by atoms with Crippen molar-refractivity contribution in [3.8, 4) is 0 Å². The van der Waals surface area contributed by atoms with Crippen LogP contribution < -0.4 is 5.32 Å². The summed E-state index contributed by atoms with van der Waals surface area (Å²) in [4.78, 5) is 10.1. The van der Waals surface area contributed by atoms with Crippen LogP contribution in [0, 0.1) is 10.1 Å². The van der Waals surface area contributed by atoms with Gasteiger partial charge in [0.25, 0.3) is 0 Å². The summed E-state index contributed by atoms with van der Waals surface area (Å²) in [6.07, 6.45) is 3.83. The van der Waals surface area contributed by atoms with Gasteiger partial charge in [0.05, 0.1) is 17.6 Å². The van der Waals surface area contributed by atoms with Crippen molar-refractivity contribution in [3.63, 3.8) is 0 Å². The Balaban J connectivity index is 1.55. The van der Waals surface area contributed by atoms with E-state index in [1.165, 1.54) is 17.1 Å². The molecule has 0 amide bonds. The molecular formula is C15H17ClN4O3. The van der Waals surface area contributed by atoms with Crippen LogP contribution in [0.1, 0.15) is 18.4 Å². The molecule has 2 aromatic rings. The van der Waals surface area contributed by atoms with E-state index < -0.39 is 11.0 Å². The lowest BCUT2D eigenvalue weighted by atomic mass is 10.0. The first-order valence-corrected chi connectivity index (χ1v) is 7.72. The number of rotatable bonds is 7. The van der Waals surface area contributed by atoms with Gasteiger partial charge in [0.2, 0.25) is 0 Å². The van der Waals surface area contributed by atoms with Crippen LogP contribution in [0.4, 0.5) is 5.69 Å². The molecule has 0 spiro atoms. The van der Waals surface area contributed by atoms with Crippen LogP contribution in [0.5, 0.6) is 0 Å². The van der Waals surface area contributed by atoms with E-state index >= 15 is 0 Å². The van der Waals surface area contributed by atoms with Crippen molar-refractivity contribution in [2.75, 3.05) is 6.54 Å². The Bertz CT molecular complexity index is 697. The van der Waals surface area contributed by atoms with Gasteiger partial charge in [0, 0.05) is 17.1 Å². The van der Waals surface area contributed by atoms with Crippen molar-refractivity contribution in [1.82, 2.24) is 15.1 Å². The fourth-order valence-corrected chi connectivity index (χ4v) is 2.73. The predicted octanol–water partition coefficient (Wildman–Crippen LogP) is 2.08. The van der Waals surface area contributed by atoms with E-state index in [1.807, 2.05) is 24.3 Å². The minimum Gasteiger partial charge on any atom is -0.390 e. The molecule has 3 rings (SSSR count). The number of hydrogen-bond donors (Lipinski definition) is 2. The highest BCUT2D eigenvalue weighted by Crippen LogP contribution is 2.45. The first-order valence-electron chi connectivity index (χ1n) is 7.34. The first-order chi connectivity index (χ1) is 11.0. The van der Waals surface area contributed by atoms with E-state index in [1.54, 1.807) is 0 Å². The summed E-state index contributed by atoms with van der Waals surface area (Å²) in [6.45, 7) is 0.591. The van der Waals surface area contributed by atoms with Crippen molar-refractivity contribution in [3.05, 3.63) is 57.4 Å². The lowest BCUT2D eigenvalue weighted by molar-refractivity contribution is -0.385. The van der Waals surface area contributed by atoms with E-state index in [4.69, 9.17) is 11.6 Å². The lowest BCUT2D eigenvalue weighted by Gasteiger charge is -2.20. The van der Waals surface area contributed by atoms with Crippen molar-refractivity contribution in [2.24, 2.45) is 0 Å². The molecule has 0 saturated heterocycles. The molecule has 1 fully saturated rings. The molecule has 0 radical (unpaired) electrons. The SMILES string of the molecule is O=[N+]([O-])c1cnn(CC(O)CNC2(c3ccc(Cl)cc3)CC2)c1. The number of hydrogen-bond acceptors (Lipinski definition) is 5. The van der Waals surface area contributed by atoms with Gasteiger partial charge in [-0.1, -0.05) is 23.7 Å². The molecule has 1 aromatic carbocycles. The Labute approximate surface area is 138 Å². The van der Waals surface area contributed by atoms with Crippen LogP contribution in [-0.4, -0.2) is 32.5 Å². The first kappa shape index (κ1) is 15.9. The maximum Gasteiger partial charge on any atom is 0.306 e. The molecule has 0 aliphatic heterocycles. The zero-order valence-electron chi connectivity index (χ0n) is 12.4. The highest BCUT2D eigenvalue weighted by molar-refractivity contribution is 6.30. The quantitative estimate of drug-likeness (QED) is 0.596. The van der Waals surface area contributed by atoms with Crippen LogP contribution >= 0.6 is 11.6 Å². The van der Waals surface area contributed by atoms with Crippen LogP contribution in [0.25, 0.3) is 0 Å². The zero-order chi connectivity index (χ0) is 16.4. The summed E-state index contributed by atoms with van der Waals surface area (Å²) >= 11 is 5.91. The summed E-state index contributed by atoms with van der Waals surface area (Å²) in [6, 6.07) is 7.70. The fourth-order valence-electron chi connectivity index (χ4n) is 2.60. The van der Waals surface area contributed by atoms with Crippen LogP contribution in [-0.2, 0) is 12.1 Å². The van der Waals surface area contributed by atoms with Gasteiger partial charge in [-0.3, -0.25) is 14.8 Å². The molecule has 8 heteroatoms. The Morgan fingerprint density at radius 3 is 2.70 bits per heavy atom. The number of aliphatic hydroxyl groups excluding tert-OH is 1. The molecule has 23 heavy (non-hydrogen) atoms. The minimum absolute atomic E-state index is 0.0787. The number of halogens is 1. The number of nitro groups is 1. The molecule has 1 saturated carbocycles. The average molecular weight is 337 g/mol. The lowest BCUT2D eigenvalue weighted by Crippen LogP contribution is -2.37. The van der Waals surface area contributed by atoms with Crippen molar-refractivity contribution < 1.29 is 10.0 Å². The van der Waals surface area contributed by atoms with Crippen LogP contribution in [0.3, 0.4) is 0 Å². The molecule has 1 aliphatic carbocycles. The van der Waals surface area contributed by atoms with E-state index in [9.17, 15) is 15.2 Å². The Kier molecular flexibility index (Phi) is 4.34. The normalized spacial score (nSPS) is 17.0. The van der Waals surface area contributed by atoms with Gasteiger partial charge in [-0.05, 0) is 30.5 Å². The topological polar surface area (TPSA) is 93.2 Å². The maximum absolute atomic E-state index is 10.6. The average Bonchev–Trinajstić information content (AvgIpc) is 3.17. The minimum atomic E-state index is -0.681. The molecule has 2 N–H and O–H groups in total. The summed E-state index contributed by atoms with van der Waals surface area (Å²) in [7, 11) is 0. The maximum atomic E-state index is 10.6. The smallest absolute Gasteiger partial charge is 0.306 e. The highest BCUT2D eigenvalue weighted by atomic mass is 35.5. The summed E-state index contributed by atoms with van der Waals surface area (Å²) in [5.74, 6) is 0. The van der Waals surface area contributed by atoms with Crippen molar-refractivity contribution in [2.45, 2.75) is 31.0 Å². The molecule has 7 nitrogen and oxygen atoms in total. The van der Waals surface area contributed by atoms with Gasteiger partial charge in [0.15, 0.2) is 0 Å². The summed E-state index contributed by atoms with van der Waals surface area (Å²) in [5.41, 5.74) is 0.982.